The van der Waals surface area contributed by atoms with Gasteiger partial charge in [0.15, 0.2) is 6.61 Å². The summed E-state index contributed by atoms with van der Waals surface area (Å²) in [6, 6.07) is 16.7. The zero-order chi connectivity index (χ0) is 15.1. The summed E-state index contributed by atoms with van der Waals surface area (Å²) in [7, 11) is 0. The molecule has 0 aliphatic heterocycles. The summed E-state index contributed by atoms with van der Waals surface area (Å²) in [6.07, 6.45) is 0.347. The lowest BCUT2D eigenvalue weighted by Gasteiger charge is -2.08. The van der Waals surface area contributed by atoms with Crippen molar-refractivity contribution in [2.45, 2.75) is 13.3 Å². The Balaban J connectivity index is 1.94. The van der Waals surface area contributed by atoms with Gasteiger partial charge in [-0.3, -0.25) is 4.79 Å². The maximum atomic E-state index is 12.0. The Morgan fingerprint density at radius 2 is 1.90 bits per heavy atom. The maximum Gasteiger partial charge on any atom is 0.228 e. The van der Waals surface area contributed by atoms with Gasteiger partial charge in [-0.2, -0.15) is 5.26 Å². The molecule has 1 N–H and O–H groups in total. The van der Waals surface area contributed by atoms with Gasteiger partial charge in [-0.1, -0.05) is 24.3 Å². The molecule has 2 rings (SSSR count). The van der Waals surface area contributed by atoms with Crippen LogP contribution in [0.4, 0.5) is 5.69 Å². The highest BCUT2D eigenvalue weighted by molar-refractivity contribution is 5.92. The normalized spacial score (nSPS) is 9.71. The molecule has 0 radical (unpaired) electrons. The van der Waals surface area contributed by atoms with Crippen LogP contribution in [0.2, 0.25) is 0 Å². The fraction of sp³-hybridized carbons (Fsp3) is 0.176. The van der Waals surface area contributed by atoms with Crippen LogP contribution in [-0.4, -0.2) is 12.5 Å². The number of carbonyl (C=O) groups is 1. The van der Waals surface area contributed by atoms with Crippen LogP contribution in [0.1, 0.15) is 11.1 Å². The number of hydrogen-bond acceptors (Lipinski definition) is 3. The average molecular weight is 280 g/mol. The predicted molar refractivity (Wildman–Crippen MR) is 81.1 cm³/mol. The molecule has 2 aromatic carbocycles. The zero-order valence-electron chi connectivity index (χ0n) is 11.8. The summed E-state index contributed by atoms with van der Waals surface area (Å²) in [5, 5.41) is 11.3. The molecule has 0 bridgehead atoms. The topological polar surface area (TPSA) is 62.1 Å². The first-order valence-corrected chi connectivity index (χ1v) is 6.63. The van der Waals surface area contributed by atoms with Gasteiger partial charge in [-0.25, -0.2) is 0 Å². The van der Waals surface area contributed by atoms with Crippen LogP contribution >= 0.6 is 0 Å². The van der Waals surface area contributed by atoms with Crippen LogP contribution in [-0.2, 0) is 11.2 Å². The number of nitriles is 1. The molecular formula is C17H16N2O2. The lowest BCUT2D eigenvalue weighted by atomic mass is 10.1. The van der Waals surface area contributed by atoms with Gasteiger partial charge < -0.3 is 10.1 Å². The maximum absolute atomic E-state index is 12.0. The van der Waals surface area contributed by atoms with E-state index in [9.17, 15) is 4.79 Å². The van der Waals surface area contributed by atoms with Crippen LogP contribution in [0.5, 0.6) is 5.75 Å². The molecule has 0 saturated heterocycles. The average Bonchev–Trinajstić information content (AvgIpc) is 2.49. The Bertz CT molecular complexity index is 657. The first-order chi connectivity index (χ1) is 10.2. The highest BCUT2D eigenvalue weighted by atomic mass is 16.5. The molecule has 2 aromatic rings. The van der Waals surface area contributed by atoms with Crippen molar-refractivity contribution in [3.05, 3.63) is 59.7 Å². The summed E-state index contributed by atoms with van der Waals surface area (Å²) < 4.78 is 5.15. The number of ether oxygens (including phenoxy) is 1. The Labute approximate surface area is 124 Å². The summed E-state index contributed by atoms with van der Waals surface area (Å²) >= 11 is 0. The number of anilines is 1. The third kappa shape index (κ3) is 4.36. The van der Waals surface area contributed by atoms with Gasteiger partial charge in [0.2, 0.25) is 5.91 Å². The van der Waals surface area contributed by atoms with Crippen LogP contribution < -0.4 is 10.1 Å². The predicted octanol–water partition coefficient (Wildman–Crippen LogP) is 3.08. The fourth-order valence-corrected chi connectivity index (χ4v) is 1.94. The number of carbonyl (C=O) groups excluding carboxylic acids is 1. The quantitative estimate of drug-likeness (QED) is 0.915. The van der Waals surface area contributed by atoms with Crippen molar-refractivity contribution in [1.29, 1.82) is 5.26 Å². The molecule has 0 atom stereocenters. The second-order valence-electron chi connectivity index (χ2n) is 4.62. The minimum atomic E-state index is -0.0602. The fourth-order valence-electron chi connectivity index (χ4n) is 1.94. The monoisotopic (exact) mass is 280 g/mol. The molecule has 106 valence electrons. The van der Waals surface area contributed by atoms with E-state index in [0.717, 1.165) is 11.1 Å². The van der Waals surface area contributed by atoms with E-state index >= 15 is 0 Å². The van der Waals surface area contributed by atoms with Crippen molar-refractivity contribution < 1.29 is 9.53 Å². The summed E-state index contributed by atoms with van der Waals surface area (Å²) in [5.74, 6) is 0.545. The van der Waals surface area contributed by atoms with E-state index in [-0.39, 0.29) is 12.5 Å². The lowest BCUT2D eigenvalue weighted by Crippen LogP contribution is -2.14. The summed E-state index contributed by atoms with van der Waals surface area (Å²) in [6.45, 7) is 2.00. The summed E-state index contributed by atoms with van der Waals surface area (Å²) in [4.78, 5) is 12.0. The third-order valence-corrected chi connectivity index (χ3v) is 3.05. The molecule has 0 aliphatic carbocycles. The van der Waals surface area contributed by atoms with Crippen molar-refractivity contribution in [3.8, 4) is 11.8 Å². The number of aryl methyl sites for hydroxylation is 1. The van der Waals surface area contributed by atoms with Crippen LogP contribution in [0.25, 0.3) is 0 Å². The van der Waals surface area contributed by atoms with Crippen molar-refractivity contribution in [2.24, 2.45) is 0 Å². The highest BCUT2D eigenvalue weighted by Crippen LogP contribution is 2.16. The minimum absolute atomic E-state index is 0.0129. The van der Waals surface area contributed by atoms with Crippen molar-refractivity contribution in [3.63, 3.8) is 0 Å². The van der Waals surface area contributed by atoms with Gasteiger partial charge in [0.25, 0.3) is 0 Å². The van der Waals surface area contributed by atoms with E-state index in [1.165, 1.54) is 0 Å². The molecule has 0 heterocycles. The smallest absolute Gasteiger partial charge is 0.228 e. The van der Waals surface area contributed by atoms with Crippen LogP contribution in [0.15, 0.2) is 48.5 Å². The van der Waals surface area contributed by atoms with Crippen molar-refractivity contribution >= 4 is 11.6 Å². The number of nitrogens with zero attached hydrogens (tertiary/aromatic N) is 1. The largest absolute Gasteiger partial charge is 0.479 e. The van der Waals surface area contributed by atoms with E-state index in [1.807, 2.05) is 37.3 Å². The first-order valence-electron chi connectivity index (χ1n) is 6.63. The van der Waals surface area contributed by atoms with E-state index in [2.05, 4.69) is 5.32 Å². The molecule has 0 spiro atoms. The SMILES string of the molecule is Cc1ccccc1CC(=O)Nc1ccc(OCC#N)cc1. The molecule has 0 saturated carbocycles. The minimum Gasteiger partial charge on any atom is -0.479 e. The van der Waals surface area contributed by atoms with Crippen molar-refractivity contribution in [1.82, 2.24) is 0 Å². The Kier molecular flexibility index (Phi) is 4.94. The number of hydrogen-bond donors (Lipinski definition) is 1. The molecule has 0 aliphatic rings. The summed E-state index contributed by atoms with van der Waals surface area (Å²) in [5.41, 5.74) is 2.83. The van der Waals surface area contributed by atoms with E-state index in [1.54, 1.807) is 24.3 Å². The number of nitrogens with one attached hydrogen (secondary N) is 1. The van der Waals surface area contributed by atoms with Crippen molar-refractivity contribution in [2.75, 3.05) is 11.9 Å². The molecule has 0 fully saturated rings. The van der Waals surface area contributed by atoms with Crippen LogP contribution in [0.3, 0.4) is 0 Å². The number of amides is 1. The van der Waals surface area contributed by atoms with E-state index in [0.29, 0.717) is 17.9 Å². The molecule has 4 nitrogen and oxygen atoms in total. The lowest BCUT2D eigenvalue weighted by molar-refractivity contribution is -0.115. The molecule has 21 heavy (non-hydrogen) atoms. The molecule has 1 amide bonds. The van der Waals surface area contributed by atoms with E-state index in [4.69, 9.17) is 10.00 Å². The Hall–Kier alpha value is -2.80. The van der Waals surface area contributed by atoms with Gasteiger partial charge in [-0.05, 0) is 42.3 Å². The van der Waals surface area contributed by atoms with E-state index < -0.39 is 0 Å². The van der Waals surface area contributed by atoms with Gasteiger partial charge >= 0.3 is 0 Å². The molecule has 0 aromatic heterocycles. The van der Waals surface area contributed by atoms with Gasteiger partial charge in [-0.15, -0.1) is 0 Å². The Morgan fingerprint density at radius 3 is 2.57 bits per heavy atom. The standard InChI is InChI=1S/C17H16N2O2/c1-13-4-2-3-5-14(13)12-17(20)19-15-6-8-16(9-7-15)21-11-10-18/h2-9H,11-12H2,1H3,(H,19,20). The molecule has 0 unspecified atom stereocenters. The second-order valence-corrected chi connectivity index (χ2v) is 4.62. The third-order valence-electron chi connectivity index (χ3n) is 3.05. The number of benzene rings is 2. The zero-order valence-corrected chi connectivity index (χ0v) is 11.8. The first kappa shape index (κ1) is 14.6. The highest BCUT2D eigenvalue weighted by Gasteiger charge is 2.06. The van der Waals surface area contributed by atoms with Gasteiger partial charge in [0.05, 0.1) is 6.42 Å². The second kappa shape index (κ2) is 7.11. The van der Waals surface area contributed by atoms with Gasteiger partial charge in [0, 0.05) is 5.69 Å². The Morgan fingerprint density at radius 1 is 1.19 bits per heavy atom. The van der Waals surface area contributed by atoms with Crippen LogP contribution in [0, 0.1) is 18.3 Å². The molecular weight excluding hydrogens is 264 g/mol. The molecule has 4 heteroatoms. The number of rotatable bonds is 5. The van der Waals surface area contributed by atoms with Gasteiger partial charge in [0.1, 0.15) is 11.8 Å².